The van der Waals surface area contributed by atoms with Crippen LogP contribution in [0.5, 0.6) is 5.75 Å². The molecule has 1 aromatic rings. The third-order valence-electron chi connectivity index (χ3n) is 4.05. The van der Waals surface area contributed by atoms with E-state index < -0.39 is 0 Å². The van der Waals surface area contributed by atoms with Crippen LogP contribution in [0.3, 0.4) is 0 Å². The van der Waals surface area contributed by atoms with Gasteiger partial charge in [-0.25, -0.2) is 0 Å². The Bertz CT molecular complexity index is 405. The van der Waals surface area contributed by atoms with Gasteiger partial charge < -0.3 is 9.84 Å². The topological polar surface area (TPSA) is 29.5 Å². The van der Waals surface area contributed by atoms with Crippen LogP contribution in [-0.4, -0.2) is 11.2 Å². The zero-order valence-electron chi connectivity index (χ0n) is 11.0. The Morgan fingerprint density at radius 3 is 2.72 bits per heavy atom. The van der Waals surface area contributed by atoms with Crippen molar-refractivity contribution in [1.29, 1.82) is 0 Å². The van der Waals surface area contributed by atoms with Gasteiger partial charge in [-0.2, -0.15) is 0 Å². The summed E-state index contributed by atoms with van der Waals surface area (Å²) in [5, 5.41) is 9.37. The van der Waals surface area contributed by atoms with E-state index in [1.807, 2.05) is 18.2 Å². The van der Waals surface area contributed by atoms with Crippen molar-refractivity contribution in [3.8, 4) is 5.75 Å². The lowest BCUT2D eigenvalue weighted by atomic mass is 9.80. The van der Waals surface area contributed by atoms with E-state index in [1.165, 1.54) is 6.42 Å². The molecule has 0 amide bonds. The van der Waals surface area contributed by atoms with Crippen LogP contribution in [0, 0.1) is 11.8 Å². The molecule has 1 aliphatic rings. The van der Waals surface area contributed by atoms with Crippen LogP contribution in [0.25, 0.3) is 0 Å². The summed E-state index contributed by atoms with van der Waals surface area (Å²) in [6.45, 7) is 4.64. The number of ether oxygens (including phenoxy) is 1. The summed E-state index contributed by atoms with van der Waals surface area (Å²) in [6.07, 6.45) is 3.72. The van der Waals surface area contributed by atoms with Gasteiger partial charge in [-0.1, -0.05) is 26.0 Å². The van der Waals surface area contributed by atoms with Gasteiger partial charge in [0, 0.05) is 5.56 Å². The first-order chi connectivity index (χ1) is 8.61. The summed E-state index contributed by atoms with van der Waals surface area (Å²) in [5.74, 6) is 2.32. The maximum Gasteiger partial charge on any atom is 0.139 e. The van der Waals surface area contributed by atoms with Crippen molar-refractivity contribution in [2.45, 2.75) is 45.8 Å². The van der Waals surface area contributed by atoms with Gasteiger partial charge in [-0.15, -0.1) is 0 Å². The highest BCUT2D eigenvalue weighted by atomic mass is 79.9. The monoisotopic (exact) mass is 312 g/mol. The fourth-order valence-corrected chi connectivity index (χ4v) is 3.08. The van der Waals surface area contributed by atoms with Gasteiger partial charge in [0.25, 0.3) is 0 Å². The molecule has 0 saturated heterocycles. The van der Waals surface area contributed by atoms with E-state index in [2.05, 4.69) is 29.8 Å². The third kappa shape index (κ3) is 3.07. The Hall–Kier alpha value is -0.540. The number of aliphatic hydroxyl groups excluding tert-OH is 1. The highest BCUT2D eigenvalue weighted by Gasteiger charge is 2.26. The highest BCUT2D eigenvalue weighted by molar-refractivity contribution is 9.10. The summed E-state index contributed by atoms with van der Waals surface area (Å²) in [7, 11) is 0. The summed E-state index contributed by atoms with van der Waals surface area (Å²) in [4.78, 5) is 0. The summed E-state index contributed by atoms with van der Waals surface area (Å²) < 4.78 is 7.05. The van der Waals surface area contributed by atoms with E-state index in [-0.39, 0.29) is 12.7 Å². The molecule has 1 aromatic carbocycles. The van der Waals surface area contributed by atoms with Crippen molar-refractivity contribution in [1.82, 2.24) is 0 Å². The van der Waals surface area contributed by atoms with Gasteiger partial charge in [0.1, 0.15) is 5.75 Å². The Morgan fingerprint density at radius 1 is 1.28 bits per heavy atom. The van der Waals surface area contributed by atoms with Crippen molar-refractivity contribution in [3.63, 3.8) is 0 Å². The van der Waals surface area contributed by atoms with Crippen LogP contribution < -0.4 is 4.74 Å². The molecule has 2 nitrogen and oxygen atoms in total. The minimum atomic E-state index is 0.0213. The van der Waals surface area contributed by atoms with Gasteiger partial charge in [-0.05, 0) is 53.1 Å². The maximum atomic E-state index is 9.37. The molecule has 100 valence electrons. The summed E-state index contributed by atoms with van der Waals surface area (Å²) in [5.41, 5.74) is 0.857. The predicted molar refractivity (Wildman–Crippen MR) is 76.7 cm³/mol. The van der Waals surface area contributed by atoms with Crippen LogP contribution in [-0.2, 0) is 6.61 Å². The van der Waals surface area contributed by atoms with E-state index in [1.54, 1.807) is 0 Å². The fraction of sp³-hybridized carbons (Fsp3) is 0.600. The number of rotatable bonds is 3. The number of aliphatic hydroxyl groups is 1. The normalized spacial score (nSPS) is 28.1. The third-order valence-corrected chi connectivity index (χ3v) is 4.68. The van der Waals surface area contributed by atoms with Gasteiger partial charge in [-0.3, -0.25) is 0 Å². The van der Waals surface area contributed by atoms with Crippen molar-refractivity contribution in [2.24, 2.45) is 11.8 Å². The first kappa shape index (κ1) is 13.9. The highest BCUT2D eigenvalue weighted by Crippen LogP contribution is 2.35. The van der Waals surface area contributed by atoms with Crippen LogP contribution in [0.4, 0.5) is 0 Å². The van der Waals surface area contributed by atoms with Crippen LogP contribution in [0.2, 0.25) is 0 Å². The molecule has 0 spiro atoms. The van der Waals surface area contributed by atoms with Gasteiger partial charge in [0.05, 0.1) is 17.2 Å². The van der Waals surface area contributed by atoms with Gasteiger partial charge in [0.15, 0.2) is 0 Å². The van der Waals surface area contributed by atoms with E-state index >= 15 is 0 Å². The summed E-state index contributed by atoms with van der Waals surface area (Å²) in [6, 6.07) is 5.80. The molecular formula is C15H21BrO2. The van der Waals surface area contributed by atoms with Crippen molar-refractivity contribution in [2.75, 3.05) is 0 Å². The number of hydrogen-bond acceptors (Lipinski definition) is 2. The lowest BCUT2D eigenvalue weighted by Gasteiger charge is -2.32. The molecule has 0 heterocycles. The zero-order valence-corrected chi connectivity index (χ0v) is 12.6. The fourth-order valence-electron chi connectivity index (χ4n) is 2.58. The first-order valence-electron chi connectivity index (χ1n) is 6.66. The second kappa shape index (κ2) is 6.07. The second-order valence-corrected chi connectivity index (χ2v) is 6.25. The smallest absolute Gasteiger partial charge is 0.139 e. The molecule has 0 bridgehead atoms. The quantitative estimate of drug-likeness (QED) is 0.908. The number of para-hydroxylation sites is 1. The maximum absolute atomic E-state index is 9.37. The SMILES string of the molecule is CC1CCC(Oc2c(Br)cccc2CO)CC1C. The lowest BCUT2D eigenvalue weighted by molar-refractivity contribution is 0.0974. The molecule has 1 saturated carbocycles. The Balaban J connectivity index is 2.10. The molecular weight excluding hydrogens is 292 g/mol. The molecule has 2 rings (SSSR count). The molecule has 3 atom stereocenters. The van der Waals surface area contributed by atoms with Gasteiger partial charge >= 0.3 is 0 Å². The molecule has 0 radical (unpaired) electrons. The average Bonchev–Trinajstić information content (AvgIpc) is 2.36. The molecule has 3 heteroatoms. The average molecular weight is 313 g/mol. The Morgan fingerprint density at radius 2 is 2.06 bits per heavy atom. The van der Waals surface area contributed by atoms with Crippen molar-refractivity contribution >= 4 is 15.9 Å². The largest absolute Gasteiger partial charge is 0.489 e. The summed E-state index contributed by atoms with van der Waals surface area (Å²) >= 11 is 3.51. The molecule has 0 aliphatic heterocycles. The molecule has 1 N–H and O–H groups in total. The number of hydrogen-bond donors (Lipinski definition) is 1. The molecule has 3 unspecified atom stereocenters. The van der Waals surface area contributed by atoms with Crippen LogP contribution in [0.15, 0.2) is 22.7 Å². The lowest BCUT2D eigenvalue weighted by Crippen LogP contribution is -2.29. The standard InChI is InChI=1S/C15H21BrO2/c1-10-6-7-13(8-11(10)2)18-15-12(9-17)4-3-5-14(15)16/h3-5,10-11,13,17H,6-9H2,1-2H3. The number of halogens is 1. The molecule has 1 fully saturated rings. The van der Waals surface area contributed by atoms with E-state index in [0.717, 1.165) is 34.5 Å². The second-order valence-electron chi connectivity index (χ2n) is 5.39. The van der Waals surface area contributed by atoms with E-state index in [9.17, 15) is 5.11 Å². The van der Waals surface area contributed by atoms with Crippen LogP contribution >= 0.6 is 15.9 Å². The molecule has 1 aliphatic carbocycles. The van der Waals surface area contributed by atoms with Crippen LogP contribution in [0.1, 0.15) is 38.7 Å². The minimum Gasteiger partial charge on any atom is -0.489 e. The zero-order chi connectivity index (χ0) is 13.1. The molecule has 18 heavy (non-hydrogen) atoms. The Labute approximate surface area is 117 Å². The van der Waals surface area contributed by atoms with E-state index in [4.69, 9.17) is 4.74 Å². The Kier molecular flexibility index (Phi) is 4.68. The van der Waals surface area contributed by atoms with Gasteiger partial charge in [0.2, 0.25) is 0 Å². The number of benzene rings is 1. The van der Waals surface area contributed by atoms with Crippen molar-refractivity contribution in [3.05, 3.63) is 28.2 Å². The van der Waals surface area contributed by atoms with E-state index in [0.29, 0.717) is 5.92 Å². The van der Waals surface area contributed by atoms with Crippen molar-refractivity contribution < 1.29 is 9.84 Å². The molecule has 0 aromatic heterocycles. The minimum absolute atomic E-state index is 0.0213. The first-order valence-corrected chi connectivity index (χ1v) is 7.46. The predicted octanol–water partition coefficient (Wildman–Crippen LogP) is 4.14.